The summed E-state index contributed by atoms with van der Waals surface area (Å²) in [6.45, 7) is 4.11. The van der Waals surface area contributed by atoms with Gasteiger partial charge in [-0.05, 0) is 23.6 Å². The Labute approximate surface area is 134 Å². The third kappa shape index (κ3) is 3.59. The number of para-hydroxylation sites is 1. The third-order valence-electron chi connectivity index (χ3n) is 3.38. The lowest BCUT2D eigenvalue weighted by molar-refractivity contribution is 0.0601. The van der Waals surface area contributed by atoms with Gasteiger partial charge >= 0.3 is 5.97 Å². The normalized spacial score (nSPS) is 10.5. The maximum absolute atomic E-state index is 13.9. The largest absolute Gasteiger partial charge is 0.479 e. The number of anilines is 2. The molecule has 0 spiro atoms. The minimum Gasteiger partial charge on any atom is -0.479 e. The van der Waals surface area contributed by atoms with E-state index in [2.05, 4.69) is 24.1 Å². The Morgan fingerprint density at radius 1 is 1.26 bits per heavy atom. The molecule has 1 aromatic carbocycles. The molecule has 6 heteroatoms. The average molecular weight is 318 g/mol. The molecule has 2 aromatic rings. The van der Waals surface area contributed by atoms with E-state index in [1.165, 1.54) is 14.2 Å². The maximum atomic E-state index is 13.9. The Bertz CT molecular complexity index is 717. The van der Waals surface area contributed by atoms with E-state index in [4.69, 9.17) is 9.47 Å². The molecule has 1 heterocycles. The maximum Gasteiger partial charge on any atom is 0.341 e. The summed E-state index contributed by atoms with van der Waals surface area (Å²) in [7, 11) is 2.55. The van der Waals surface area contributed by atoms with Crippen LogP contribution in [0.4, 0.5) is 15.9 Å². The van der Waals surface area contributed by atoms with E-state index < -0.39 is 11.8 Å². The highest BCUT2D eigenvalue weighted by molar-refractivity contribution is 5.95. The van der Waals surface area contributed by atoms with Crippen LogP contribution in [0, 0.1) is 5.82 Å². The van der Waals surface area contributed by atoms with Gasteiger partial charge in [-0.2, -0.15) is 4.98 Å². The van der Waals surface area contributed by atoms with Crippen LogP contribution in [-0.4, -0.2) is 25.2 Å². The van der Waals surface area contributed by atoms with Crippen LogP contribution in [-0.2, 0) is 4.74 Å². The van der Waals surface area contributed by atoms with Crippen molar-refractivity contribution in [2.24, 2.45) is 0 Å². The summed E-state index contributed by atoms with van der Waals surface area (Å²) in [6.07, 6.45) is 0. The predicted octanol–water partition coefficient (Wildman–Crippen LogP) is 3.88. The van der Waals surface area contributed by atoms with Gasteiger partial charge in [0.15, 0.2) is 5.82 Å². The lowest BCUT2D eigenvalue weighted by atomic mass is 10.0. The summed E-state index contributed by atoms with van der Waals surface area (Å²) < 4.78 is 23.4. The van der Waals surface area contributed by atoms with Crippen molar-refractivity contribution in [2.45, 2.75) is 19.8 Å². The number of hydrogen-bond acceptors (Lipinski definition) is 5. The number of rotatable bonds is 5. The smallest absolute Gasteiger partial charge is 0.341 e. The van der Waals surface area contributed by atoms with Gasteiger partial charge in [0.1, 0.15) is 11.4 Å². The lowest BCUT2D eigenvalue weighted by Gasteiger charge is -2.16. The number of hydrogen-bond donors (Lipinski definition) is 1. The fourth-order valence-electron chi connectivity index (χ4n) is 2.22. The van der Waals surface area contributed by atoms with Crippen molar-refractivity contribution in [1.29, 1.82) is 0 Å². The zero-order valence-corrected chi connectivity index (χ0v) is 13.5. The van der Waals surface area contributed by atoms with Crippen LogP contribution in [0.1, 0.15) is 35.7 Å². The van der Waals surface area contributed by atoms with Gasteiger partial charge in [0.2, 0.25) is 0 Å². The first kappa shape index (κ1) is 16.7. The summed E-state index contributed by atoms with van der Waals surface area (Å²) in [5, 5.41) is 3.08. The van der Waals surface area contributed by atoms with Crippen molar-refractivity contribution in [3.63, 3.8) is 0 Å². The molecule has 0 radical (unpaired) electrons. The molecule has 0 unspecified atom stereocenters. The molecule has 0 saturated carbocycles. The summed E-state index contributed by atoms with van der Waals surface area (Å²) in [5.41, 5.74) is 1.84. The van der Waals surface area contributed by atoms with Crippen LogP contribution in [0.2, 0.25) is 0 Å². The third-order valence-corrected chi connectivity index (χ3v) is 3.38. The van der Waals surface area contributed by atoms with E-state index in [-0.39, 0.29) is 23.2 Å². The Balaban J connectivity index is 2.52. The summed E-state index contributed by atoms with van der Waals surface area (Å²) in [6, 6.07) is 8.70. The Hall–Kier alpha value is -2.63. The highest BCUT2D eigenvalue weighted by atomic mass is 19.1. The standard InChI is InChI=1S/C17H19FN2O3/c1-10(2)11-7-5-6-8-14(11)19-15-12(17(21)23-4)9-13(18)16(20-15)22-3/h5-10H,1-4H3,(H,19,20). The monoisotopic (exact) mass is 318 g/mol. The van der Waals surface area contributed by atoms with Crippen LogP contribution in [0.3, 0.4) is 0 Å². The number of benzene rings is 1. The van der Waals surface area contributed by atoms with Gasteiger partial charge in [0, 0.05) is 5.69 Å². The molecule has 0 amide bonds. The number of carbonyl (C=O) groups excluding carboxylic acids is 1. The molecule has 0 fully saturated rings. The van der Waals surface area contributed by atoms with Crippen LogP contribution in [0.5, 0.6) is 5.88 Å². The van der Waals surface area contributed by atoms with Gasteiger partial charge < -0.3 is 14.8 Å². The van der Waals surface area contributed by atoms with Gasteiger partial charge in [-0.1, -0.05) is 32.0 Å². The highest BCUT2D eigenvalue weighted by Crippen LogP contribution is 2.30. The summed E-state index contributed by atoms with van der Waals surface area (Å²) in [4.78, 5) is 15.9. The van der Waals surface area contributed by atoms with Gasteiger partial charge in [-0.3, -0.25) is 0 Å². The zero-order valence-electron chi connectivity index (χ0n) is 13.5. The molecule has 0 bridgehead atoms. The molecule has 2 rings (SSSR count). The Morgan fingerprint density at radius 2 is 1.96 bits per heavy atom. The molecule has 0 aliphatic rings. The second kappa shape index (κ2) is 7.09. The van der Waals surface area contributed by atoms with Crippen molar-refractivity contribution in [1.82, 2.24) is 4.98 Å². The van der Waals surface area contributed by atoms with Gasteiger partial charge in [0.05, 0.1) is 14.2 Å². The van der Waals surface area contributed by atoms with Crippen molar-refractivity contribution in [3.8, 4) is 5.88 Å². The fourth-order valence-corrected chi connectivity index (χ4v) is 2.22. The number of esters is 1. The summed E-state index contributed by atoms with van der Waals surface area (Å²) in [5.74, 6) is -1.15. The van der Waals surface area contributed by atoms with Crippen molar-refractivity contribution < 1.29 is 18.7 Å². The molecule has 122 valence electrons. The molecule has 0 atom stereocenters. The van der Waals surface area contributed by atoms with Gasteiger partial charge in [-0.15, -0.1) is 0 Å². The first-order valence-corrected chi connectivity index (χ1v) is 7.16. The number of nitrogens with zero attached hydrogens (tertiary/aromatic N) is 1. The van der Waals surface area contributed by atoms with E-state index in [9.17, 15) is 9.18 Å². The number of ether oxygens (including phenoxy) is 2. The number of methoxy groups -OCH3 is 2. The molecule has 0 aliphatic carbocycles. The summed E-state index contributed by atoms with van der Waals surface area (Å²) >= 11 is 0. The second-order valence-corrected chi connectivity index (χ2v) is 5.23. The topological polar surface area (TPSA) is 60.5 Å². The van der Waals surface area contributed by atoms with Gasteiger partial charge in [-0.25, -0.2) is 9.18 Å². The minimum absolute atomic E-state index is 0.00404. The molecule has 1 N–H and O–H groups in total. The molecule has 0 saturated heterocycles. The highest BCUT2D eigenvalue weighted by Gasteiger charge is 2.19. The van der Waals surface area contributed by atoms with E-state index in [0.717, 1.165) is 17.3 Å². The molecule has 5 nitrogen and oxygen atoms in total. The van der Waals surface area contributed by atoms with Crippen molar-refractivity contribution in [2.75, 3.05) is 19.5 Å². The molecule has 0 aliphatic heterocycles. The van der Waals surface area contributed by atoms with Crippen LogP contribution in [0.15, 0.2) is 30.3 Å². The molecule has 23 heavy (non-hydrogen) atoms. The van der Waals surface area contributed by atoms with Crippen LogP contribution in [0.25, 0.3) is 0 Å². The van der Waals surface area contributed by atoms with E-state index in [1.807, 2.05) is 24.3 Å². The second-order valence-electron chi connectivity index (χ2n) is 5.23. The zero-order chi connectivity index (χ0) is 17.0. The number of halogens is 1. The molecular weight excluding hydrogens is 299 g/mol. The quantitative estimate of drug-likeness (QED) is 0.848. The van der Waals surface area contributed by atoms with Crippen molar-refractivity contribution in [3.05, 3.63) is 47.3 Å². The molecular formula is C17H19FN2O3. The number of aromatic nitrogens is 1. The number of nitrogens with one attached hydrogen (secondary N) is 1. The minimum atomic E-state index is -0.726. The lowest BCUT2D eigenvalue weighted by Crippen LogP contribution is -2.10. The first-order valence-electron chi connectivity index (χ1n) is 7.16. The SMILES string of the molecule is COC(=O)c1cc(F)c(OC)nc1Nc1ccccc1C(C)C. The Morgan fingerprint density at radius 3 is 2.57 bits per heavy atom. The van der Waals surface area contributed by atoms with Gasteiger partial charge in [0.25, 0.3) is 5.88 Å². The fraction of sp³-hybridized carbons (Fsp3) is 0.294. The Kier molecular flexibility index (Phi) is 5.16. The van der Waals surface area contributed by atoms with E-state index in [0.29, 0.717) is 0 Å². The van der Waals surface area contributed by atoms with E-state index in [1.54, 1.807) is 0 Å². The number of pyridine rings is 1. The molecule has 1 aromatic heterocycles. The average Bonchev–Trinajstić information content (AvgIpc) is 2.55. The van der Waals surface area contributed by atoms with Crippen molar-refractivity contribution >= 4 is 17.5 Å². The van der Waals surface area contributed by atoms with Crippen LogP contribution >= 0.6 is 0 Å². The number of carbonyl (C=O) groups is 1. The van der Waals surface area contributed by atoms with Crippen LogP contribution < -0.4 is 10.1 Å². The predicted molar refractivity (Wildman–Crippen MR) is 85.9 cm³/mol. The first-order chi connectivity index (χ1) is 11.0. The van der Waals surface area contributed by atoms with E-state index >= 15 is 0 Å².